The molecule has 3 amide bonds. The zero-order valence-electron chi connectivity index (χ0n) is 14.2. The quantitative estimate of drug-likeness (QED) is 0.175. The fourth-order valence-corrected chi connectivity index (χ4v) is 1.78. The number of carboxylic acid groups (broad SMARTS) is 1. The predicted octanol–water partition coefficient (Wildman–Crippen LogP) is -3.37. The van der Waals surface area contributed by atoms with Gasteiger partial charge in [0.1, 0.15) is 12.1 Å². The SMILES string of the molecule is CC(NC(=O)CNC(=O)C(N)CCCCN)C(=O)NC(CO)C(=O)O. The highest BCUT2D eigenvalue weighted by molar-refractivity contribution is 5.92. The van der Waals surface area contributed by atoms with Gasteiger partial charge in [-0.05, 0) is 26.3 Å². The van der Waals surface area contributed by atoms with Crippen LogP contribution in [-0.4, -0.2) is 71.7 Å². The minimum absolute atomic E-state index is 0.372. The molecule has 3 unspecified atom stereocenters. The maximum absolute atomic E-state index is 11.7. The number of aliphatic carboxylic acids is 1. The lowest BCUT2D eigenvalue weighted by Crippen LogP contribution is -2.53. The van der Waals surface area contributed by atoms with Crippen molar-refractivity contribution in [2.24, 2.45) is 11.5 Å². The lowest BCUT2D eigenvalue weighted by atomic mass is 10.1. The summed E-state index contributed by atoms with van der Waals surface area (Å²) in [5.74, 6) is -3.30. The normalized spacial score (nSPS) is 14.1. The van der Waals surface area contributed by atoms with Crippen molar-refractivity contribution in [3.05, 3.63) is 0 Å². The molecule has 0 bridgehead atoms. The molecule has 0 rings (SSSR count). The third-order valence-corrected chi connectivity index (χ3v) is 3.30. The van der Waals surface area contributed by atoms with Crippen molar-refractivity contribution in [2.75, 3.05) is 19.7 Å². The first-order chi connectivity index (χ1) is 11.7. The standard InChI is InChI=1S/C14H27N5O6/c1-8(12(22)19-10(7-20)14(24)25)18-11(21)6-17-13(23)9(16)4-2-3-5-15/h8-10,20H,2-7,15-16H2,1H3,(H,17,23)(H,18,21)(H,19,22)(H,24,25). The summed E-state index contributed by atoms with van der Waals surface area (Å²) in [5.41, 5.74) is 11.0. The Labute approximate surface area is 145 Å². The fourth-order valence-electron chi connectivity index (χ4n) is 1.78. The van der Waals surface area contributed by atoms with E-state index < -0.39 is 48.4 Å². The van der Waals surface area contributed by atoms with E-state index in [4.69, 9.17) is 21.7 Å². The van der Waals surface area contributed by atoms with Crippen molar-refractivity contribution >= 4 is 23.7 Å². The van der Waals surface area contributed by atoms with Gasteiger partial charge in [0.25, 0.3) is 0 Å². The van der Waals surface area contributed by atoms with Gasteiger partial charge in [-0.25, -0.2) is 4.79 Å². The zero-order valence-corrected chi connectivity index (χ0v) is 14.2. The van der Waals surface area contributed by atoms with E-state index >= 15 is 0 Å². The van der Waals surface area contributed by atoms with Crippen LogP contribution in [0.5, 0.6) is 0 Å². The minimum Gasteiger partial charge on any atom is -0.480 e. The molecule has 3 atom stereocenters. The molecule has 9 N–H and O–H groups in total. The molecule has 11 nitrogen and oxygen atoms in total. The number of carbonyl (C=O) groups is 4. The molecule has 0 aromatic carbocycles. The number of carbonyl (C=O) groups excluding carboxylic acids is 3. The highest BCUT2D eigenvalue weighted by atomic mass is 16.4. The molecule has 25 heavy (non-hydrogen) atoms. The van der Waals surface area contributed by atoms with E-state index in [2.05, 4.69) is 16.0 Å². The average Bonchev–Trinajstić information content (AvgIpc) is 2.56. The molecule has 0 aliphatic rings. The highest BCUT2D eigenvalue weighted by Crippen LogP contribution is 1.97. The van der Waals surface area contributed by atoms with Gasteiger partial charge in [-0.2, -0.15) is 0 Å². The van der Waals surface area contributed by atoms with Crippen LogP contribution in [0.4, 0.5) is 0 Å². The van der Waals surface area contributed by atoms with Crippen LogP contribution in [0.1, 0.15) is 26.2 Å². The number of aliphatic hydroxyl groups excluding tert-OH is 1. The molecule has 0 spiro atoms. The Morgan fingerprint density at radius 2 is 1.72 bits per heavy atom. The number of aliphatic hydroxyl groups is 1. The highest BCUT2D eigenvalue weighted by Gasteiger charge is 2.23. The molecule has 0 aromatic rings. The topological polar surface area (TPSA) is 197 Å². The maximum atomic E-state index is 11.7. The predicted molar refractivity (Wildman–Crippen MR) is 88.1 cm³/mol. The van der Waals surface area contributed by atoms with Crippen molar-refractivity contribution in [3.63, 3.8) is 0 Å². The molecule has 0 aliphatic carbocycles. The van der Waals surface area contributed by atoms with Crippen LogP contribution in [0.2, 0.25) is 0 Å². The summed E-state index contributed by atoms with van der Waals surface area (Å²) < 4.78 is 0. The molecule has 144 valence electrons. The van der Waals surface area contributed by atoms with E-state index in [1.807, 2.05) is 0 Å². The first kappa shape index (κ1) is 22.8. The monoisotopic (exact) mass is 361 g/mol. The minimum atomic E-state index is -1.46. The van der Waals surface area contributed by atoms with Gasteiger partial charge in [-0.3, -0.25) is 14.4 Å². The molecular weight excluding hydrogens is 334 g/mol. The number of nitrogens with two attached hydrogens (primary N) is 2. The third kappa shape index (κ3) is 9.59. The van der Waals surface area contributed by atoms with Crippen molar-refractivity contribution < 1.29 is 29.4 Å². The van der Waals surface area contributed by atoms with E-state index in [1.165, 1.54) is 6.92 Å². The van der Waals surface area contributed by atoms with Crippen LogP contribution in [0.25, 0.3) is 0 Å². The lowest BCUT2D eigenvalue weighted by Gasteiger charge is -2.18. The summed E-state index contributed by atoms with van der Waals surface area (Å²) in [7, 11) is 0. The first-order valence-electron chi connectivity index (χ1n) is 7.89. The summed E-state index contributed by atoms with van der Waals surface area (Å²) in [4.78, 5) is 45.9. The number of hydrogen-bond acceptors (Lipinski definition) is 7. The average molecular weight is 361 g/mol. The number of hydrogen-bond donors (Lipinski definition) is 7. The maximum Gasteiger partial charge on any atom is 0.328 e. The number of carboxylic acids is 1. The number of amides is 3. The molecule has 0 heterocycles. The Balaban J connectivity index is 4.21. The molecular formula is C14H27N5O6. The second kappa shape index (κ2) is 12.2. The van der Waals surface area contributed by atoms with E-state index in [-0.39, 0.29) is 6.54 Å². The molecule has 11 heteroatoms. The van der Waals surface area contributed by atoms with Crippen molar-refractivity contribution in [2.45, 2.75) is 44.3 Å². The van der Waals surface area contributed by atoms with Crippen molar-refractivity contribution in [3.8, 4) is 0 Å². The van der Waals surface area contributed by atoms with Gasteiger partial charge in [0.15, 0.2) is 0 Å². The Kier molecular flexibility index (Phi) is 11.1. The van der Waals surface area contributed by atoms with Gasteiger partial charge in [-0.1, -0.05) is 6.42 Å². The van der Waals surface area contributed by atoms with Gasteiger partial charge in [0, 0.05) is 0 Å². The first-order valence-corrected chi connectivity index (χ1v) is 7.89. The fraction of sp³-hybridized carbons (Fsp3) is 0.714. The van der Waals surface area contributed by atoms with Crippen LogP contribution in [0.15, 0.2) is 0 Å². The van der Waals surface area contributed by atoms with Crippen LogP contribution >= 0.6 is 0 Å². The van der Waals surface area contributed by atoms with E-state index in [1.54, 1.807) is 0 Å². The summed E-state index contributed by atoms with van der Waals surface area (Å²) in [6.45, 7) is 0.697. The summed E-state index contributed by atoms with van der Waals surface area (Å²) in [6, 6.07) is -3.25. The van der Waals surface area contributed by atoms with Crippen molar-refractivity contribution in [1.29, 1.82) is 0 Å². The van der Waals surface area contributed by atoms with E-state index in [0.29, 0.717) is 19.4 Å². The van der Waals surface area contributed by atoms with E-state index in [0.717, 1.165) is 6.42 Å². The lowest BCUT2D eigenvalue weighted by molar-refractivity contribution is -0.143. The van der Waals surface area contributed by atoms with Gasteiger partial charge in [0.05, 0.1) is 19.2 Å². The van der Waals surface area contributed by atoms with Crippen LogP contribution in [0, 0.1) is 0 Å². The number of unbranched alkanes of at least 4 members (excludes halogenated alkanes) is 1. The largest absolute Gasteiger partial charge is 0.480 e. The summed E-state index contributed by atoms with van der Waals surface area (Å²) >= 11 is 0. The molecule has 0 saturated carbocycles. The van der Waals surface area contributed by atoms with Gasteiger partial charge in [0.2, 0.25) is 17.7 Å². The van der Waals surface area contributed by atoms with Crippen LogP contribution in [0.3, 0.4) is 0 Å². The Morgan fingerprint density at radius 1 is 1.08 bits per heavy atom. The van der Waals surface area contributed by atoms with Gasteiger partial charge < -0.3 is 37.6 Å². The van der Waals surface area contributed by atoms with Crippen molar-refractivity contribution in [1.82, 2.24) is 16.0 Å². The smallest absolute Gasteiger partial charge is 0.328 e. The number of rotatable bonds is 12. The van der Waals surface area contributed by atoms with Gasteiger partial charge >= 0.3 is 5.97 Å². The molecule has 0 fully saturated rings. The molecule has 0 radical (unpaired) electrons. The molecule has 0 saturated heterocycles. The zero-order chi connectivity index (χ0) is 19.4. The Hall–Kier alpha value is -2.24. The van der Waals surface area contributed by atoms with Crippen LogP contribution < -0.4 is 27.4 Å². The summed E-state index contributed by atoms with van der Waals surface area (Å²) in [6.07, 6.45) is 1.89. The second-order valence-electron chi connectivity index (χ2n) is 5.48. The van der Waals surface area contributed by atoms with Gasteiger partial charge in [-0.15, -0.1) is 0 Å². The third-order valence-electron chi connectivity index (χ3n) is 3.30. The van der Waals surface area contributed by atoms with E-state index in [9.17, 15) is 19.2 Å². The Morgan fingerprint density at radius 3 is 2.24 bits per heavy atom. The summed E-state index contributed by atoms with van der Waals surface area (Å²) in [5, 5.41) is 24.3. The molecule has 0 aromatic heterocycles. The Bertz CT molecular complexity index is 473. The molecule has 0 aliphatic heterocycles. The number of nitrogens with one attached hydrogen (secondary N) is 3. The second-order valence-corrected chi connectivity index (χ2v) is 5.48. The van der Waals surface area contributed by atoms with Crippen LogP contribution in [-0.2, 0) is 19.2 Å².